The first-order valence-electron chi connectivity index (χ1n) is 11.1. The molecule has 0 aromatic heterocycles. The number of rotatable bonds is 17. The largest absolute Gasteiger partial charge is 0.481 e. The van der Waals surface area contributed by atoms with Crippen molar-refractivity contribution in [1.82, 2.24) is 16.0 Å². The van der Waals surface area contributed by atoms with Crippen LogP contribution in [0.15, 0.2) is 4.99 Å². The summed E-state index contributed by atoms with van der Waals surface area (Å²) in [4.78, 5) is 63.7. The molecule has 11 N–H and O–H groups in total. The molecule has 0 aromatic rings. The Balaban J connectivity index is 5.17. The molecule has 0 bridgehead atoms. The van der Waals surface area contributed by atoms with Crippen LogP contribution in [0.3, 0.4) is 0 Å². The summed E-state index contributed by atoms with van der Waals surface area (Å²) in [7, 11) is 0. The molecule has 0 rings (SSSR count). The van der Waals surface area contributed by atoms with Crippen LogP contribution in [0, 0.1) is 5.92 Å². The molecule has 35 heavy (non-hydrogen) atoms. The van der Waals surface area contributed by atoms with Crippen LogP contribution in [0.1, 0.15) is 46.0 Å². The number of carboxylic acid groups (broad SMARTS) is 2. The maximum absolute atomic E-state index is 12.9. The van der Waals surface area contributed by atoms with E-state index in [1.165, 1.54) is 0 Å². The molecule has 4 unspecified atom stereocenters. The minimum absolute atomic E-state index is 0.000159. The van der Waals surface area contributed by atoms with Gasteiger partial charge in [0.1, 0.15) is 18.1 Å². The van der Waals surface area contributed by atoms with Gasteiger partial charge in [0.25, 0.3) is 0 Å². The number of thiol groups is 1. The van der Waals surface area contributed by atoms with Crippen molar-refractivity contribution in [3.8, 4) is 0 Å². The molecule has 0 fully saturated rings. The standard InChI is InChI=1S/C20H37N7O7S/c1-10(2)8-13(26-16(30)11(21)4-3-7-24-20(22)23)17(31)27-14(9-35)18(32)25-12(19(33)34)5-6-15(28)29/h10-14,35H,3-9,21H2,1-2H3,(H,25,32)(H,26,30)(H,27,31)(H,28,29)(H,33,34)(H4,22,23,24). The minimum Gasteiger partial charge on any atom is -0.481 e. The van der Waals surface area contributed by atoms with Gasteiger partial charge in [-0.2, -0.15) is 12.6 Å². The lowest BCUT2D eigenvalue weighted by Crippen LogP contribution is -2.57. The van der Waals surface area contributed by atoms with E-state index in [1.54, 1.807) is 0 Å². The van der Waals surface area contributed by atoms with E-state index in [4.69, 9.17) is 22.3 Å². The smallest absolute Gasteiger partial charge is 0.326 e. The van der Waals surface area contributed by atoms with E-state index in [-0.39, 0.29) is 36.9 Å². The molecule has 15 heteroatoms. The van der Waals surface area contributed by atoms with E-state index in [0.717, 1.165) is 0 Å². The fourth-order valence-electron chi connectivity index (χ4n) is 2.90. The third kappa shape index (κ3) is 14.0. The number of aliphatic imine (C=N–C) groups is 1. The molecule has 14 nitrogen and oxygen atoms in total. The highest BCUT2D eigenvalue weighted by Crippen LogP contribution is 2.07. The summed E-state index contributed by atoms with van der Waals surface area (Å²) in [6.45, 7) is 3.97. The molecule has 0 spiro atoms. The predicted molar refractivity (Wildman–Crippen MR) is 131 cm³/mol. The van der Waals surface area contributed by atoms with Crippen molar-refractivity contribution in [3.05, 3.63) is 0 Å². The molecule has 0 aliphatic carbocycles. The van der Waals surface area contributed by atoms with Gasteiger partial charge in [-0.15, -0.1) is 0 Å². The SMILES string of the molecule is CC(C)CC(NC(=O)C(N)CCCN=C(N)N)C(=O)NC(CS)C(=O)NC(CCC(=O)O)C(=O)O. The third-order valence-corrected chi connectivity index (χ3v) is 5.09. The lowest BCUT2D eigenvalue weighted by Gasteiger charge is -2.25. The van der Waals surface area contributed by atoms with Crippen LogP contribution in [0.4, 0.5) is 0 Å². The average molecular weight is 520 g/mol. The van der Waals surface area contributed by atoms with Crippen molar-refractivity contribution in [2.45, 2.75) is 70.1 Å². The number of nitrogens with two attached hydrogens (primary N) is 3. The topological polar surface area (TPSA) is 252 Å². The van der Waals surface area contributed by atoms with Gasteiger partial charge in [0.05, 0.1) is 6.04 Å². The summed E-state index contributed by atoms with van der Waals surface area (Å²) in [6, 6.07) is -4.61. The second-order valence-electron chi connectivity index (χ2n) is 8.32. The Kier molecular flexibility index (Phi) is 15.1. The summed E-state index contributed by atoms with van der Waals surface area (Å²) in [5.41, 5.74) is 16.4. The van der Waals surface area contributed by atoms with Crippen molar-refractivity contribution in [2.24, 2.45) is 28.1 Å². The van der Waals surface area contributed by atoms with E-state index in [0.29, 0.717) is 13.0 Å². The van der Waals surface area contributed by atoms with Gasteiger partial charge in [-0.1, -0.05) is 13.8 Å². The van der Waals surface area contributed by atoms with Crippen LogP contribution in [-0.2, 0) is 24.0 Å². The van der Waals surface area contributed by atoms with Gasteiger partial charge in [0.15, 0.2) is 5.96 Å². The highest BCUT2D eigenvalue weighted by atomic mass is 32.1. The number of aliphatic carboxylic acids is 2. The third-order valence-electron chi connectivity index (χ3n) is 4.72. The van der Waals surface area contributed by atoms with Crippen molar-refractivity contribution in [2.75, 3.05) is 12.3 Å². The number of hydrogen-bond acceptors (Lipinski definition) is 8. The number of guanidine groups is 1. The first-order chi connectivity index (χ1) is 16.3. The molecular weight excluding hydrogens is 482 g/mol. The zero-order chi connectivity index (χ0) is 27.1. The van der Waals surface area contributed by atoms with Crippen molar-refractivity contribution in [3.63, 3.8) is 0 Å². The van der Waals surface area contributed by atoms with Crippen molar-refractivity contribution < 1.29 is 34.2 Å². The maximum Gasteiger partial charge on any atom is 0.326 e. The van der Waals surface area contributed by atoms with Crippen LogP contribution in [0.5, 0.6) is 0 Å². The van der Waals surface area contributed by atoms with Gasteiger partial charge in [-0.05, 0) is 31.6 Å². The average Bonchev–Trinajstić information content (AvgIpc) is 2.75. The van der Waals surface area contributed by atoms with E-state index < -0.39 is 60.2 Å². The van der Waals surface area contributed by atoms with Crippen LogP contribution in [0.25, 0.3) is 0 Å². The zero-order valence-electron chi connectivity index (χ0n) is 19.9. The molecular formula is C20H37N7O7S. The summed E-state index contributed by atoms with van der Waals surface area (Å²) < 4.78 is 0. The maximum atomic E-state index is 12.9. The molecule has 0 aliphatic heterocycles. The number of hydrogen-bond donors (Lipinski definition) is 9. The molecule has 0 aromatic carbocycles. The van der Waals surface area contributed by atoms with Gasteiger partial charge in [0, 0.05) is 18.7 Å². The van der Waals surface area contributed by atoms with Crippen LogP contribution >= 0.6 is 12.6 Å². The Morgan fingerprint density at radius 3 is 1.91 bits per heavy atom. The molecule has 0 saturated heterocycles. The number of nitrogens with one attached hydrogen (secondary N) is 3. The van der Waals surface area contributed by atoms with Gasteiger partial charge in [-0.3, -0.25) is 24.2 Å². The van der Waals surface area contributed by atoms with Gasteiger partial charge >= 0.3 is 11.9 Å². The minimum atomic E-state index is -1.46. The van der Waals surface area contributed by atoms with Crippen LogP contribution < -0.4 is 33.2 Å². The Labute approximate surface area is 209 Å². The molecule has 200 valence electrons. The number of nitrogens with zero attached hydrogens (tertiary/aromatic N) is 1. The monoisotopic (exact) mass is 519 g/mol. The zero-order valence-corrected chi connectivity index (χ0v) is 20.8. The molecule has 0 aliphatic rings. The van der Waals surface area contributed by atoms with Crippen LogP contribution in [0.2, 0.25) is 0 Å². The Morgan fingerprint density at radius 1 is 0.886 bits per heavy atom. The number of amides is 3. The number of carbonyl (C=O) groups excluding carboxylic acids is 3. The summed E-state index contributed by atoms with van der Waals surface area (Å²) in [6.07, 6.45) is 0.158. The number of carbonyl (C=O) groups is 5. The van der Waals surface area contributed by atoms with Gasteiger partial charge in [-0.25, -0.2) is 4.79 Å². The highest BCUT2D eigenvalue weighted by Gasteiger charge is 2.30. The summed E-state index contributed by atoms with van der Waals surface area (Å²) in [5, 5.41) is 25.2. The van der Waals surface area contributed by atoms with E-state index in [9.17, 15) is 29.1 Å². The normalized spacial score (nSPS) is 14.2. The Bertz CT molecular complexity index is 775. The second-order valence-corrected chi connectivity index (χ2v) is 8.69. The number of carboxylic acids is 2. The first-order valence-corrected chi connectivity index (χ1v) is 11.7. The molecule has 0 saturated carbocycles. The van der Waals surface area contributed by atoms with Crippen LogP contribution in [-0.4, -0.2) is 82.3 Å². The van der Waals surface area contributed by atoms with Crippen molar-refractivity contribution in [1.29, 1.82) is 0 Å². The summed E-state index contributed by atoms with van der Waals surface area (Å²) in [5.74, 6) is -4.97. The Morgan fingerprint density at radius 2 is 1.43 bits per heavy atom. The quantitative estimate of drug-likeness (QED) is 0.0431. The lowest BCUT2D eigenvalue weighted by molar-refractivity contribution is -0.143. The molecule has 0 heterocycles. The fraction of sp³-hybridized carbons (Fsp3) is 0.700. The van der Waals surface area contributed by atoms with Gasteiger partial charge in [0.2, 0.25) is 17.7 Å². The highest BCUT2D eigenvalue weighted by molar-refractivity contribution is 7.80. The second kappa shape index (κ2) is 16.5. The fourth-order valence-corrected chi connectivity index (χ4v) is 3.15. The van der Waals surface area contributed by atoms with E-state index in [1.807, 2.05) is 13.8 Å². The van der Waals surface area contributed by atoms with Gasteiger partial charge < -0.3 is 43.4 Å². The Hall–Kier alpha value is -3.07. The first kappa shape index (κ1) is 31.9. The molecule has 3 amide bonds. The predicted octanol–water partition coefficient (Wildman–Crippen LogP) is -2.25. The lowest BCUT2D eigenvalue weighted by atomic mass is 10.0. The van der Waals surface area contributed by atoms with Crippen molar-refractivity contribution >= 4 is 48.2 Å². The summed E-state index contributed by atoms with van der Waals surface area (Å²) >= 11 is 4.04. The molecule has 0 radical (unpaired) electrons. The van der Waals surface area contributed by atoms with E-state index in [2.05, 4.69) is 33.6 Å². The van der Waals surface area contributed by atoms with E-state index >= 15 is 0 Å². The molecule has 4 atom stereocenters.